The van der Waals surface area contributed by atoms with Crippen LogP contribution in [0.25, 0.3) is 6.08 Å². The van der Waals surface area contributed by atoms with Gasteiger partial charge >= 0.3 is 0 Å². The van der Waals surface area contributed by atoms with Gasteiger partial charge in [0.25, 0.3) is 0 Å². The molecule has 0 heterocycles. The zero-order valence-corrected chi connectivity index (χ0v) is 9.63. The lowest BCUT2D eigenvalue weighted by Gasteiger charge is -2.08. The minimum atomic E-state index is 0.141. The second kappa shape index (κ2) is 5.21. The van der Waals surface area contributed by atoms with Crippen LogP contribution in [0, 0.1) is 0 Å². The maximum Gasteiger partial charge on any atom is 0.169 e. The van der Waals surface area contributed by atoms with Crippen molar-refractivity contribution in [2.75, 3.05) is 0 Å². The van der Waals surface area contributed by atoms with E-state index < -0.39 is 0 Å². The van der Waals surface area contributed by atoms with Crippen LogP contribution in [0.2, 0.25) is 0 Å². The Morgan fingerprint density at radius 3 is 2.53 bits per heavy atom. The van der Waals surface area contributed by atoms with Crippen molar-refractivity contribution in [2.24, 2.45) is 0 Å². The molecule has 0 radical (unpaired) electrons. The number of ether oxygens (including phenoxy) is 1. The average molecular weight is 226 g/mol. The molecule has 0 unspecified atom stereocenters. The molecule has 0 aliphatic rings. The van der Waals surface area contributed by atoms with Gasteiger partial charge in [-0.1, -0.05) is 36.4 Å². The van der Waals surface area contributed by atoms with Crippen molar-refractivity contribution in [1.82, 2.24) is 0 Å². The molecule has 2 nitrogen and oxygen atoms in total. The second-order valence-electron chi connectivity index (χ2n) is 3.64. The normalized spacial score (nSPS) is 10.6. The van der Waals surface area contributed by atoms with Gasteiger partial charge < -0.3 is 9.84 Å². The van der Waals surface area contributed by atoms with Crippen LogP contribution in [0.1, 0.15) is 12.5 Å². The minimum absolute atomic E-state index is 0.141. The second-order valence-corrected chi connectivity index (χ2v) is 3.64. The smallest absolute Gasteiger partial charge is 0.169 e. The van der Waals surface area contributed by atoms with E-state index in [0.717, 1.165) is 5.56 Å². The topological polar surface area (TPSA) is 29.5 Å². The third kappa shape index (κ3) is 2.88. The summed E-state index contributed by atoms with van der Waals surface area (Å²) >= 11 is 0. The molecule has 1 N–H and O–H groups in total. The first-order valence-electron chi connectivity index (χ1n) is 5.48. The lowest BCUT2D eigenvalue weighted by Crippen LogP contribution is -1.85. The molecule has 0 saturated heterocycles. The summed E-state index contributed by atoms with van der Waals surface area (Å²) in [6, 6.07) is 14.7. The summed E-state index contributed by atoms with van der Waals surface area (Å²) < 4.78 is 5.61. The van der Waals surface area contributed by atoms with E-state index in [-0.39, 0.29) is 5.75 Å². The molecule has 0 amide bonds. The first kappa shape index (κ1) is 11.3. The average Bonchev–Trinajstić information content (AvgIpc) is 2.35. The van der Waals surface area contributed by atoms with E-state index in [1.54, 1.807) is 6.07 Å². The molecule has 2 heteroatoms. The van der Waals surface area contributed by atoms with E-state index in [9.17, 15) is 5.11 Å². The summed E-state index contributed by atoms with van der Waals surface area (Å²) in [5.41, 5.74) is 0.997. The number of allylic oxidation sites excluding steroid dienone is 1. The summed E-state index contributed by atoms with van der Waals surface area (Å²) in [7, 11) is 0. The Morgan fingerprint density at radius 2 is 1.82 bits per heavy atom. The highest BCUT2D eigenvalue weighted by molar-refractivity contribution is 5.56. The Hall–Kier alpha value is -2.22. The molecule has 0 aromatic heterocycles. The zero-order chi connectivity index (χ0) is 12.1. The van der Waals surface area contributed by atoms with E-state index in [1.165, 1.54) is 0 Å². The van der Waals surface area contributed by atoms with Crippen LogP contribution >= 0.6 is 0 Å². The Balaban J connectivity index is 2.29. The van der Waals surface area contributed by atoms with Crippen LogP contribution in [-0.2, 0) is 0 Å². The van der Waals surface area contributed by atoms with E-state index >= 15 is 0 Å². The fourth-order valence-corrected chi connectivity index (χ4v) is 1.52. The highest BCUT2D eigenvalue weighted by atomic mass is 16.5. The molecule has 0 saturated carbocycles. The fraction of sp³-hybridized carbons (Fsp3) is 0.0667. The standard InChI is InChI=1S/C15H14O2/c1-2-6-12-9-10-14(16)15(11-12)17-13-7-4-3-5-8-13/h2-11,16H,1H3. The van der Waals surface area contributed by atoms with Gasteiger partial charge in [0.1, 0.15) is 5.75 Å². The third-order valence-electron chi connectivity index (χ3n) is 2.31. The summed E-state index contributed by atoms with van der Waals surface area (Å²) in [5, 5.41) is 9.72. The van der Waals surface area contributed by atoms with Crippen LogP contribution < -0.4 is 4.74 Å². The highest BCUT2D eigenvalue weighted by Crippen LogP contribution is 2.31. The third-order valence-corrected chi connectivity index (χ3v) is 2.31. The summed E-state index contributed by atoms with van der Waals surface area (Å²) in [6.45, 7) is 1.95. The Labute approximate surface area is 101 Å². The molecular weight excluding hydrogens is 212 g/mol. The molecule has 17 heavy (non-hydrogen) atoms. The summed E-state index contributed by atoms with van der Waals surface area (Å²) in [4.78, 5) is 0. The lowest BCUT2D eigenvalue weighted by atomic mass is 10.2. The number of hydrogen-bond acceptors (Lipinski definition) is 2. The molecule has 0 spiro atoms. The van der Waals surface area contributed by atoms with E-state index in [2.05, 4.69) is 0 Å². The predicted molar refractivity (Wildman–Crippen MR) is 69.3 cm³/mol. The largest absolute Gasteiger partial charge is 0.504 e. The number of benzene rings is 2. The molecule has 2 aromatic rings. The molecule has 2 aromatic carbocycles. The Bertz CT molecular complexity index is 516. The van der Waals surface area contributed by atoms with Gasteiger partial charge in [0.15, 0.2) is 11.5 Å². The van der Waals surface area contributed by atoms with Gasteiger partial charge in [-0.25, -0.2) is 0 Å². The maximum atomic E-state index is 9.72. The van der Waals surface area contributed by atoms with Crippen molar-refractivity contribution in [3.8, 4) is 17.2 Å². The SMILES string of the molecule is CC=Cc1ccc(O)c(Oc2ccccc2)c1. The van der Waals surface area contributed by atoms with Gasteiger partial charge in [0.05, 0.1) is 0 Å². The van der Waals surface area contributed by atoms with Crippen molar-refractivity contribution in [3.05, 3.63) is 60.2 Å². The highest BCUT2D eigenvalue weighted by Gasteiger charge is 2.03. The molecule has 0 aliphatic carbocycles. The van der Waals surface area contributed by atoms with Crippen LogP contribution in [-0.4, -0.2) is 5.11 Å². The fourth-order valence-electron chi connectivity index (χ4n) is 1.52. The maximum absolute atomic E-state index is 9.72. The van der Waals surface area contributed by atoms with Crippen LogP contribution in [0.3, 0.4) is 0 Å². The molecular formula is C15H14O2. The van der Waals surface area contributed by atoms with Gasteiger partial charge in [-0.3, -0.25) is 0 Å². The van der Waals surface area contributed by atoms with Gasteiger partial charge in [0, 0.05) is 0 Å². The first-order chi connectivity index (χ1) is 8.29. The molecule has 0 bridgehead atoms. The number of phenolic OH excluding ortho intramolecular Hbond substituents is 1. The molecule has 0 atom stereocenters. The van der Waals surface area contributed by atoms with Gasteiger partial charge in [-0.05, 0) is 36.8 Å². The van der Waals surface area contributed by atoms with E-state index in [4.69, 9.17) is 4.74 Å². The van der Waals surface area contributed by atoms with Crippen molar-refractivity contribution >= 4 is 6.08 Å². The number of rotatable bonds is 3. The Morgan fingerprint density at radius 1 is 1.06 bits per heavy atom. The Kier molecular flexibility index (Phi) is 3.46. The van der Waals surface area contributed by atoms with Gasteiger partial charge in [-0.15, -0.1) is 0 Å². The van der Waals surface area contributed by atoms with Crippen molar-refractivity contribution in [1.29, 1.82) is 0 Å². The number of aromatic hydroxyl groups is 1. The minimum Gasteiger partial charge on any atom is -0.504 e. The predicted octanol–water partition coefficient (Wildman–Crippen LogP) is 4.22. The number of phenols is 1. The van der Waals surface area contributed by atoms with Crippen molar-refractivity contribution < 1.29 is 9.84 Å². The van der Waals surface area contributed by atoms with Crippen molar-refractivity contribution in [3.63, 3.8) is 0 Å². The zero-order valence-electron chi connectivity index (χ0n) is 9.63. The van der Waals surface area contributed by atoms with Crippen molar-refractivity contribution in [2.45, 2.75) is 6.92 Å². The van der Waals surface area contributed by atoms with Crippen LogP contribution in [0.5, 0.6) is 17.2 Å². The monoisotopic (exact) mass is 226 g/mol. The van der Waals surface area contributed by atoms with Crippen LogP contribution in [0.15, 0.2) is 54.6 Å². The molecule has 0 fully saturated rings. The summed E-state index contributed by atoms with van der Waals surface area (Å²) in [6.07, 6.45) is 3.90. The molecule has 86 valence electrons. The summed E-state index contributed by atoms with van der Waals surface area (Å²) in [5.74, 6) is 1.31. The quantitative estimate of drug-likeness (QED) is 0.849. The molecule has 2 rings (SSSR count). The lowest BCUT2D eigenvalue weighted by molar-refractivity contribution is 0.411. The first-order valence-corrected chi connectivity index (χ1v) is 5.48. The number of para-hydroxylation sites is 1. The van der Waals surface area contributed by atoms with Gasteiger partial charge in [-0.2, -0.15) is 0 Å². The van der Waals surface area contributed by atoms with Crippen LogP contribution in [0.4, 0.5) is 0 Å². The number of hydrogen-bond donors (Lipinski definition) is 1. The molecule has 0 aliphatic heterocycles. The van der Waals surface area contributed by atoms with E-state index in [1.807, 2.05) is 61.5 Å². The van der Waals surface area contributed by atoms with E-state index in [0.29, 0.717) is 11.5 Å². The van der Waals surface area contributed by atoms with Gasteiger partial charge in [0.2, 0.25) is 0 Å².